The second-order valence-electron chi connectivity index (χ2n) is 7.54. The molecule has 1 fully saturated rings. The molecule has 1 saturated heterocycles. The maximum absolute atomic E-state index is 12.5. The highest BCUT2D eigenvalue weighted by atomic mass is 16.5. The second-order valence-corrected chi connectivity index (χ2v) is 7.54. The molecule has 1 unspecified atom stereocenters. The molecule has 7 heteroatoms. The summed E-state index contributed by atoms with van der Waals surface area (Å²) in [6, 6.07) is 1.54. The molecular formula is C18H30N4O3. The molecule has 0 saturated carbocycles. The Morgan fingerprint density at radius 1 is 1.36 bits per heavy atom. The van der Waals surface area contributed by atoms with Crippen molar-refractivity contribution in [2.24, 2.45) is 0 Å². The number of carbonyl (C=O) groups is 2. The largest absolute Gasteiger partial charge is 0.465 e. The number of esters is 1. The van der Waals surface area contributed by atoms with E-state index in [0.717, 1.165) is 31.5 Å². The number of carbonyl (C=O) groups excluding carboxylic acids is 2. The van der Waals surface area contributed by atoms with E-state index in [9.17, 15) is 9.59 Å². The van der Waals surface area contributed by atoms with Crippen molar-refractivity contribution < 1.29 is 14.3 Å². The van der Waals surface area contributed by atoms with E-state index in [4.69, 9.17) is 4.74 Å². The third-order valence-electron chi connectivity index (χ3n) is 4.25. The summed E-state index contributed by atoms with van der Waals surface area (Å²) >= 11 is 0. The highest BCUT2D eigenvalue weighted by Gasteiger charge is 2.31. The smallest absolute Gasteiger partial charge is 0.323 e. The molecule has 0 aliphatic carbocycles. The molecule has 0 bridgehead atoms. The lowest BCUT2D eigenvalue weighted by Crippen LogP contribution is -2.48. The van der Waals surface area contributed by atoms with Crippen LogP contribution in [0.1, 0.15) is 52.7 Å². The predicted molar refractivity (Wildman–Crippen MR) is 96.4 cm³/mol. The summed E-state index contributed by atoms with van der Waals surface area (Å²) in [5, 5.41) is 7.41. The molecule has 1 aliphatic rings. The van der Waals surface area contributed by atoms with Gasteiger partial charge in [0.05, 0.1) is 24.4 Å². The van der Waals surface area contributed by atoms with Crippen LogP contribution in [0.15, 0.2) is 6.07 Å². The third kappa shape index (κ3) is 5.04. The molecule has 7 nitrogen and oxygen atoms in total. The number of nitrogens with zero attached hydrogens (tertiary/aromatic N) is 3. The van der Waals surface area contributed by atoms with Crippen molar-refractivity contribution in [1.29, 1.82) is 0 Å². The summed E-state index contributed by atoms with van der Waals surface area (Å²) < 4.78 is 6.97. The van der Waals surface area contributed by atoms with E-state index in [1.54, 1.807) is 6.92 Å². The summed E-state index contributed by atoms with van der Waals surface area (Å²) in [5.41, 5.74) is 0.628. The molecule has 140 valence electrons. The summed E-state index contributed by atoms with van der Waals surface area (Å²) in [6.07, 6.45) is 2.71. The first-order valence-corrected chi connectivity index (χ1v) is 9.00. The Kier molecular flexibility index (Phi) is 6.21. The van der Waals surface area contributed by atoms with Gasteiger partial charge in [-0.15, -0.1) is 0 Å². The fourth-order valence-electron chi connectivity index (χ4n) is 3.15. The van der Waals surface area contributed by atoms with Crippen molar-refractivity contribution in [1.82, 2.24) is 14.7 Å². The van der Waals surface area contributed by atoms with E-state index in [1.807, 2.05) is 43.3 Å². The van der Waals surface area contributed by atoms with Crippen LogP contribution in [0.25, 0.3) is 0 Å². The van der Waals surface area contributed by atoms with E-state index >= 15 is 0 Å². The van der Waals surface area contributed by atoms with Crippen molar-refractivity contribution in [3.63, 3.8) is 0 Å². The molecule has 1 aromatic rings. The van der Waals surface area contributed by atoms with Gasteiger partial charge in [-0.25, -0.2) is 4.68 Å². The molecule has 2 heterocycles. The minimum absolute atomic E-state index is 0.137. The van der Waals surface area contributed by atoms with Crippen LogP contribution in [0.3, 0.4) is 0 Å². The van der Waals surface area contributed by atoms with Gasteiger partial charge in [0.1, 0.15) is 11.9 Å². The molecule has 2 rings (SSSR count). The number of amides is 1. The lowest BCUT2D eigenvalue weighted by molar-refractivity contribution is -0.151. The third-order valence-corrected chi connectivity index (χ3v) is 4.25. The average Bonchev–Trinajstić information content (AvgIpc) is 2.88. The van der Waals surface area contributed by atoms with Gasteiger partial charge in [-0.3, -0.25) is 14.5 Å². The number of piperidine rings is 1. The predicted octanol–water partition coefficient (Wildman–Crippen LogP) is 2.30. The fraction of sp³-hybridized carbons (Fsp3) is 0.722. The Balaban J connectivity index is 2.05. The lowest BCUT2D eigenvalue weighted by atomic mass is 10.0. The molecule has 0 radical (unpaired) electrons. The molecule has 1 N–H and O–H groups in total. The molecule has 1 atom stereocenters. The normalized spacial score (nSPS) is 18.8. The first kappa shape index (κ1) is 19.4. The molecular weight excluding hydrogens is 320 g/mol. The number of likely N-dealkylation sites (tertiary alicyclic amines) is 1. The Morgan fingerprint density at radius 3 is 2.72 bits per heavy atom. The van der Waals surface area contributed by atoms with Crippen molar-refractivity contribution in [2.75, 3.05) is 25.0 Å². The van der Waals surface area contributed by atoms with E-state index < -0.39 is 0 Å². The number of nitrogens with one attached hydrogen (secondary N) is 1. The van der Waals surface area contributed by atoms with Gasteiger partial charge in [0.2, 0.25) is 5.91 Å². The number of anilines is 1. The van der Waals surface area contributed by atoms with Gasteiger partial charge >= 0.3 is 5.97 Å². The minimum atomic E-state index is -0.325. The van der Waals surface area contributed by atoms with Crippen LogP contribution in [0.5, 0.6) is 0 Å². The van der Waals surface area contributed by atoms with Gasteiger partial charge in [0.25, 0.3) is 0 Å². The Labute approximate surface area is 149 Å². The van der Waals surface area contributed by atoms with Gasteiger partial charge < -0.3 is 10.1 Å². The molecule has 1 aliphatic heterocycles. The molecule has 0 spiro atoms. The van der Waals surface area contributed by atoms with Gasteiger partial charge in [-0.2, -0.15) is 5.10 Å². The van der Waals surface area contributed by atoms with Crippen molar-refractivity contribution in [3.05, 3.63) is 11.8 Å². The van der Waals surface area contributed by atoms with Gasteiger partial charge in [-0.05, 0) is 54.0 Å². The zero-order chi connectivity index (χ0) is 18.6. The van der Waals surface area contributed by atoms with Crippen LogP contribution < -0.4 is 5.32 Å². The SMILES string of the molecule is CCOC(=O)C1CCCCN1CC(=O)Nc1cc(C)nn1C(C)(C)C. The Morgan fingerprint density at radius 2 is 2.08 bits per heavy atom. The first-order chi connectivity index (χ1) is 11.7. The van der Waals surface area contributed by atoms with Crippen LogP contribution in [-0.2, 0) is 19.9 Å². The van der Waals surface area contributed by atoms with E-state index in [2.05, 4.69) is 10.4 Å². The van der Waals surface area contributed by atoms with Crippen LogP contribution in [0.4, 0.5) is 5.82 Å². The molecule has 1 amide bonds. The summed E-state index contributed by atoms with van der Waals surface area (Å²) in [7, 11) is 0. The van der Waals surface area contributed by atoms with Crippen molar-refractivity contribution in [2.45, 2.75) is 65.5 Å². The quantitative estimate of drug-likeness (QED) is 0.825. The van der Waals surface area contributed by atoms with Crippen molar-refractivity contribution >= 4 is 17.7 Å². The summed E-state index contributed by atoms with van der Waals surface area (Å²) in [6.45, 7) is 11.1. The Bertz CT molecular complexity index is 618. The second kappa shape index (κ2) is 7.99. The highest BCUT2D eigenvalue weighted by molar-refractivity contribution is 5.92. The number of aromatic nitrogens is 2. The zero-order valence-corrected chi connectivity index (χ0v) is 16.0. The minimum Gasteiger partial charge on any atom is -0.465 e. The van der Waals surface area contributed by atoms with Gasteiger partial charge in [-0.1, -0.05) is 6.42 Å². The van der Waals surface area contributed by atoms with Crippen LogP contribution in [-0.4, -0.2) is 52.3 Å². The average molecular weight is 350 g/mol. The maximum atomic E-state index is 12.5. The Hall–Kier alpha value is -1.89. The number of ether oxygens (including phenoxy) is 1. The molecule has 0 aromatic carbocycles. The topological polar surface area (TPSA) is 76.5 Å². The first-order valence-electron chi connectivity index (χ1n) is 9.00. The van der Waals surface area contributed by atoms with Crippen LogP contribution in [0.2, 0.25) is 0 Å². The number of rotatable bonds is 5. The van der Waals surface area contributed by atoms with E-state index in [1.165, 1.54) is 0 Å². The highest BCUT2D eigenvalue weighted by Crippen LogP contribution is 2.22. The maximum Gasteiger partial charge on any atom is 0.323 e. The van der Waals surface area contributed by atoms with Gasteiger partial charge in [0, 0.05) is 6.07 Å². The molecule has 1 aromatic heterocycles. The number of hydrogen-bond acceptors (Lipinski definition) is 5. The summed E-state index contributed by atoms with van der Waals surface area (Å²) in [5.74, 6) is 0.312. The number of aryl methyl sites for hydroxylation is 1. The monoisotopic (exact) mass is 350 g/mol. The number of hydrogen-bond donors (Lipinski definition) is 1. The zero-order valence-electron chi connectivity index (χ0n) is 16.0. The van der Waals surface area contributed by atoms with Crippen LogP contribution >= 0.6 is 0 Å². The summed E-state index contributed by atoms with van der Waals surface area (Å²) in [4.78, 5) is 26.6. The van der Waals surface area contributed by atoms with Gasteiger partial charge in [0.15, 0.2) is 0 Å². The lowest BCUT2D eigenvalue weighted by Gasteiger charge is -2.33. The standard InChI is InChI=1S/C18H30N4O3/c1-6-25-17(24)14-9-7-8-10-21(14)12-16(23)19-15-11-13(2)20-22(15)18(3,4)5/h11,14H,6-10,12H2,1-5H3,(H,19,23). The van der Waals surface area contributed by atoms with E-state index in [-0.39, 0.29) is 30.0 Å². The van der Waals surface area contributed by atoms with Crippen molar-refractivity contribution in [3.8, 4) is 0 Å². The van der Waals surface area contributed by atoms with E-state index in [0.29, 0.717) is 12.4 Å². The fourth-order valence-corrected chi connectivity index (χ4v) is 3.15. The van der Waals surface area contributed by atoms with Crippen LogP contribution in [0, 0.1) is 6.92 Å². The molecule has 25 heavy (non-hydrogen) atoms.